The molecule has 1 unspecified atom stereocenters. The fourth-order valence-corrected chi connectivity index (χ4v) is 2.77. The third-order valence-corrected chi connectivity index (χ3v) is 3.52. The first-order valence-corrected chi connectivity index (χ1v) is 6.98. The molecule has 3 heteroatoms. The van der Waals surface area contributed by atoms with Gasteiger partial charge in [-0.25, -0.2) is 0 Å². The molecule has 92 valence electrons. The van der Waals surface area contributed by atoms with E-state index in [0.717, 1.165) is 35.3 Å². The number of halogens is 2. The van der Waals surface area contributed by atoms with E-state index < -0.39 is 0 Å². The minimum absolute atomic E-state index is 0.333. The maximum Gasteiger partial charge on any atom is 0.0417 e. The van der Waals surface area contributed by atoms with Crippen LogP contribution in [0.3, 0.4) is 0 Å². The summed E-state index contributed by atoms with van der Waals surface area (Å²) in [6.07, 6.45) is 8.18. The Morgan fingerprint density at radius 2 is 2.29 bits per heavy atom. The lowest BCUT2D eigenvalue weighted by atomic mass is 10.0. The number of terminal acetylenes is 1. The molecular formula is C14H17BrClN. The smallest absolute Gasteiger partial charge is 0.0417 e. The second-order valence-corrected chi connectivity index (χ2v) is 5.16. The monoisotopic (exact) mass is 313 g/mol. The van der Waals surface area contributed by atoms with Crippen LogP contribution in [0.2, 0.25) is 5.02 Å². The van der Waals surface area contributed by atoms with Crippen LogP contribution in [0.4, 0.5) is 0 Å². The summed E-state index contributed by atoms with van der Waals surface area (Å²) < 4.78 is 1.05. The van der Waals surface area contributed by atoms with Crippen LogP contribution in [0.5, 0.6) is 0 Å². The average Bonchev–Trinajstić information content (AvgIpc) is 2.28. The Kier molecular flexibility index (Phi) is 6.65. The molecule has 0 amide bonds. The highest BCUT2D eigenvalue weighted by Crippen LogP contribution is 2.29. The van der Waals surface area contributed by atoms with E-state index in [9.17, 15) is 0 Å². The zero-order valence-electron chi connectivity index (χ0n) is 9.97. The van der Waals surface area contributed by atoms with Crippen LogP contribution in [-0.4, -0.2) is 6.54 Å². The van der Waals surface area contributed by atoms with E-state index in [1.54, 1.807) is 0 Å². The quantitative estimate of drug-likeness (QED) is 0.599. The molecule has 0 heterocycles. The molecule has 1 atom stereocenters. The van der Waals surface area contributed by atoms with E-state index in [0.29, 0.717) is 6.04 Å². The van der Waals surface area contributed by atoms with E-state index in [1.807, 2.05) is 12.1 Å². The predicted octanol–water partition coefficient (Wildman–Crippen LogP) is 4.56. The standard InChI is InChI=1S/C14H17BrClN/c1-3-5-6-7-14(17-4-2)12-9-8-11(16)10-13(12)15/h1,8-10,14,17H,4-7H2,2H3. The van der Waals surface area contributed by atoms with E-state index in [1.165, 1.54) is 5.56 Å². The zero-order valence-corrected chi connectivity index (χ0v) is 12.3. The summed E-state index contributed by atoms with van der Waals surface area (Å²) >= 11 is 9.51. The lowest BCUT2D eigenvalue weighted by molar-refractivity contribution is 0.500. The van der Waals surface area contributed by atoms with Crippen LogP contribution < -0.4 is 5.32 Å². The molecule has 0 radical (unpaired) electrons. The Labute approximate surface area is 117 Å². The van der Waals surface area contributed by atoms with E-state index in [-0.39, 0.29) is 0 Å². The summed E-state index contributed by atoms with van der Waals surface area (Å²) in [7, 11) is 0. The molecule has 0 aliphatic rings. The van der Waals surface area contributed by atoms with Gasteiger partial charge in [0.2, 0.25) is 0 Å². The Hall–Kier alpha value is -0.490. The third-order valence-electron chi connectivity index (χ3n) is 2.60. The van der Waals surface area contributed by atoms with Gasteiger partial charge >= 0.3 is 0 Å². The molecule has 17 heavy (non-hydrogen) atoms. The SMILES string of the molecule is C#CCCCC(NCC)c1ccc(Cl)cc1Br. The van der Waals surface area contributed by atoms with E-state index in [2.05, 4.69) is 40.2 Å². The van der Waals surface area contributed by atoms with Crippen molar-refractivity contribution in [3.05, 3.63) is 33.3 Å². The van der Waals surface area contributed by atoms with Crippen LogP contribution >= 0.6 is 27.5 Å². The molecule has 0 saturated heterocycles. The van der Waals surface area contributed by atoms with Gasteiger partial charge in [0, 0.05) is 22.0 Å². The first kappa shape index (κ1) is 14.6. The summed E-state index contributed by atoms with van der Waals surface area (Å²) in [5.74, 6) is 2.68. The molecule has 0 aliphatic carbocycles. The average molecular weight is 315 g/mol. The molecule has 1 aromatic rings. The predicted molar refractivity (Wildman–Crippen MR) is 78.3 cm³/mol. The molecule has 1 N–H and O–H groups in total. The normalized spacial score (nSPS) is 12.1. The minimum atomic E-state index is 0.333. The highest BCUT2D eigenvalue weighted by molar-refractivity contribution is 9.10. The van der Waals surface area contributed by atoms with Crippen molar-refractivity contribution in [2.75, 3.05) is 6.54 Å². The van der Waals surface area contributed by atoms with Gasteiger partial charge in [0.25, 0.3) is 0 Å². The van der Waals surface area contributed by atoms with Gasteiger partial charge in [-0.15, -0.1) is 12.3 Å². The van der Waals surface area contributed by atoms with Gasteiger partial charge in [-0.05, 0) is 37.1 Å². The van der Waals surface area contributed by atoms with Gasteiger partial charge in [0.15, 0.2) is 0 Å². The van der Waals surface area contributed by atoms with Crippen molar-refractivity contribution in [1.82, 2.24) is 5.32 Å². The number of hydrogen-bond acceptors (Lipinski definition) is 1. The second-order valence-electron chi connectivity index (χ2n) is 3.87. The molecule has 0 aliphatic heterocycles. The van der Waals surface area contributed by atoms with Gasteiger partial charge in [0.1, 0.15) is 0 Å². The van der Waals surface area contributed by atoms with E-state index in [4.69, 9.17) is 18.0 Å². The molecule has 0 fully saturated rings. The molecule has 1 rings (SSSR count). The number of benzene rings is 1. The summed E-state index contributed by atoms with van der Waals surface area (Å²) in [5, 5.41) is 4.23. The first-order valence-electron chi connectivity index (χ1n) is 5.80. The Bertz CT molecular complexity index is 398. The zero-order chi connectivity index (χ0) is 12.7. The number of rotatable bonds is 6. The topological polar surface area (TPSA) is 12.0 Å². The van der Waals surface area contributed by atoms with Crippen LogP contribution in [0, 0.1) is 12.3 Å². The second kappa shape index (κ2) is 7.76. The fourth-order valence-electron chi connectivity index (χ4n) is 1.81. The highest BCUT2D eigenvalue weighted by atomic mass is 79.9. The summed E-state index contributed by atoms with van der Waals surface area (Å²) in [5.41, 5.74) is 1.24. The van der Waals surface area contributed by atoms with Crippen molar-refractivity contribution in [2.24, 2.45) is 0 Å². The number of nitrogens with one attached hydrogen (secondary N) is 1. The largest absolute Gasteiger partial charge is 0.310 e. The van der Waals surface area contributed by atoms with Crippen LogP contribution in [0.15, 0.2) is 22.7 Å². The summed E-state index contributed by atoms with van der Waals surface area (Å²) in [4.78, 5) is 0. The molecule has 0 aromatic heterocycles. The Morgan fingerprint density at radius 1 is 1.53 bits per heavy atom. The number of unbranched alkanes of at least 4 members (excludes halogenated alkanes) is 1. The van der Waals surface area contributed by atoms with Crippen molar-refractivity contribution in [3.8, 4) is 12.3 Å². The van der Waals surface area contributed by atoms with Crippen molar-refractivity contribution in [2.45, 2.75) is 32.2 Å². The van der Waals surface area contributed by atoms with E-state index >= 15 is 0 Å². The molecule has 0 spiro atoms. The number of hydrogen-bond donors (Lipinski definition) is 1. The Balaban J connectivity index is 2.78. The minimum Gasteiger partial charge on any atom is -0.310 e. The van der Waals surface area contributed by atoms with Crippen molar-refractivity contribution < 1.29 is 0 Å². The van der Waals surface area contributed by atoms with Gasteiger partial charge in [-0.1, -0.05) is 40.5 Å². The molecule has 1 nitrogen and oxygen atoms in total. The molecular weight excluding hydrogens is 298 g/mol. The van der Waals surface area contributed by atoms with Crippen molar-refractivity contribution >= 4 is 27.5 Å². The maximum absolute atomic E-state index is 5.95. The fraction of sp³-hybridized carbons (Fsp3) is 0.429. The van der Waals surface area contributed by atoms with Crippen molar-refractivity contribution in [3.63, 3.8) is 0 Å². The third kappa shape index (κ3) is 4.71. The van der Waals surface area contributed by atoms with Gasteiger partial charge in [0.05, 0.1) is 0 Å². The lowest BCUT2D eigenvalue weighted by Gasteiger charge is -2.19. The van der Waals surface area contributed by atoms with Gasteiger partial charge in [-0.3, -0.25) is 0 Å². The first-order chi connectivity index (χ1) is 8.19. The van der Waals surface area contributed by atoms with Gasteiger partial charge in [-0.2, -0.15) is 0 Å². The Morgan fingerprint density at radius 3 is 2.88 bits per heavy atom. The molecule has 0 bridgehead atoms. The van der Waals surface area contributed by atoms with Crippen molar-refractivity contribution in [1.29, 1.82) is 0 Å². The maximum atomic E-state index is 5.95. The highest BCUT2D eigenvalue weighted by Gasteiger charge is 2.13. The summed E-state index contributed by atoms with van der Waals surface area (Å²) in [6.45, 7) is 3.05. The lowest BCUT2D eigenvalue weighted by Crippen LogP contribution is -2.21. The van der Waals surface area contributed by atoms with Crippen LogP contribution in [-0.2, 0) is 0 Å². The van der Waals surface area contributed by atoms with Crippen LogP contribution in [0.1, 0.15) is 37.8 Å². The van der Waals surface area contributed by atoms with Crippen LogP contribution in [0.25, 0.3) is 0 Å². The molecule has 1 aromatic carbocycles. The van der Waals surface area contributed by atoms with Gasteiger partial charge < -0.3 is 5.32 Å². The summed E-state index contributed by atoms with van der Waals surface area (Å²) in [6, 6.07) is 6.26. The molecule has 0 saturated carbocycles.